The number of nitrogens with zero attached hydrogens (tertiary/aromatic N) is 1. The smallest absolute Gasteiger partial charge is 0.330 e. The molecule has 0 aromatic carbocycles. The van der Waals surface area contributed by atoms with Crippen LogP contribution in [0.1, 0.15) is 51.3 Å². The van der Waals surface area contributed by atoms with Crippen LogP contribution >= 0.6 is 0 Å². The molecule has 4 N–H and O–H groups in total. The predicted octanol–water partition coefficient (Wildman–Crippen LogP) is -0.589. The van der Waals surface area contributed by atoms with Gasteiger partial charge in [0.05, 0.1) is 18.1 Å². The molecule has 1 aromatic heterocycles. The molecule has 1 aromatic rings. The van der Waals surface area contributed by atoms with Crippen LogP contribution in [0.15, 0.2) is 21.9 Å². The highest BCUT2D eigenvalue weighted by Crippen LogP contribution is 2.31. The highest BCUT2D eigenvalue weighted by atomic mass is 16.6. The quantitative estimate of drug-likeness (QED) is 0.176. The zero-order valence-corrected chi connectivity index (χ0v) is 19.7. The molecule has 0 radical (unpaired) electrons. The van der Waals surface area contributed by atoms with Crippen LogP contribution in [-0.4, -0.2) is 66.2 Å². The van der Waals surface area contributed by atoms with E-state index in [1.807, 2.05) is 6.92 Å². The van der Waals surface area contributed by atoms with Crippen molar-refractivity contribution in [3.05, 3.63) is 38.7 Å². The van der Waals surface area contributed by atoms with Gasteiger partial charge in [-0.1, -0.05) is 6.92 Å². The van der Waals surface area contributed by atoms with Crippen LogP contribution in [0.2, 0.25) is 0 Å². The third-order valence-electron chi connectivity index (χ3n) is 5.19. The van der Waals surface area contributed by atoms with E-state index in [2.05, 4.69) is 20.9 Å². The van der Waals surface area contributed by atoms with Crippen molar-refractivity contribution in [2.24, 2.45) is 0 Å². The minimum absolute atomic E-state index is 0.0259. The Kier molecular flexibility index (Phi) is 10.7. The van der Waals surface area contributed by atoms with Gasteiger partial charge in [-0.25, -0.2) is 4.79 Å². The van der Waals surface area contributed by atoms with Crippen molar-refractivity contribution < 1.29 is 23.9 Å². The monoisotopic (exact) mass is 479 g/mol. The fourth-order valence-electron chi connectivity index (χ4n) is 3.46. The van der Waals surface area contributed by atoms with Crippen molar-refractivity contribution in [2.45, 2.75) is 58.0 Å². The number of hydrogen-bond acceptors (Lipinski definition) is 8. The van der Waals surface area contributed by atoms with E-state index in [1.54, 1.807) is 14.0 Å². The third-order valence-corrected chi connectivity index (χ3v) is 5.19. The lowest BCUT2D eigenvalue weighted by Crippen LogP contribution is -2.33. The summed E-state index contributed by atoms with van der Waals surface area (Å²) in [7, 11) is 1.76. The standard InChI is InChI=1S/C22H33N5O7/c1-4-15-16(34-20(30)9-8-17(28)24-5-2)12-19(33-15)27-13-14(21(31)26-22(27)32)6-7-18(29)25-11-10-23-3/h6-7,13,15-16,19,23H,4-5,8-12H2,1-3H3,(H,24,28)(H,25,29)(H,26,31,32)/b7-6+/t15-,16?,19-/m1/s1. The van der Waals surface area contributed by atoms with Crippen LogP contribution in [0.5, 0.6) is 0 Å². The molecule has 188 valence electrons. The minimum Gasteiger partial charge on any atom is -0.459 e. The van der Waals surface area contributed by atoms with E-state index >= 15 is 0 Å². The zero-order valence-electron chi connectivity index (χ0n) is 19.7. The normalized spacial score (nSPS) is 19.8. The van der Waals surface area contributed by atoms with Crippen LogP contribution in [0.25, 0.3) is 6.08 Å². The number of rotatable bonds is 12. The molecule has 3 atom stereocenters. The van der Waals surface area contributed by atoms with E-state index in [0.29, 0.717) is 26.1 Å². The Morgan fingerprint density at radius 1 is 1.21 bits per heavy atom. The van der Waals surface area contributed by atoms with Crippen molar-refractivity contribution in [3.8, 4) is 0 Å². The Labute approximate surface area is 197 Å². The van der Waals surface area contributed by atoms with Crippen molar-refractivity contribution in [1.29, 1.82) is 0 Å². The number of hydrogen-bond donors (Lipinski definition) is 4. The number of amides is 2. The molecule has 34 heavy (non-hydrogen) atoms. The predicted molar refractivity (Wildman–Crippen MR) is 124 cm³/mol. The maximum absolute atomic E-state index is 12.4. The summed E-state index contributed by atoms with van der Waals surface area (Å²) in [6.07, 6.45) is 2.70. The topological polar surface area (TPSA) is 161 Å². The van der Waals surface area contributed by atoms with Gasteiger partial charge in [0.1, 0.15) is 12.3 Å². The summed E-state index contributed by atoms with van der Waals surface area (Å²) in [5, 5.41) is 8.16. The van der Waals surface area contributed by atoms with E-state index in [1.165, 1.54) is 22.9 Å². The van der Waals surface area contributed by atoms with Crippen LogP contribution < -0.4 is 27.2 Å². The second-order valence-electron chi connectivity index (χ2n) is 7.73. The minimum atomic E-state index is -0.771. The first-order chi connectivity index (χ1) is 16.3. The van der Waals surface area contributed by atoms with Crippen molar-refractivity contribution >= 4 is 23.9 Å². The van der Waals surface area contributed by atoms with Gasteiger partial charge in [0.25, 0.3) is 5.56 Å². The molecule has 1 unspecified atom stereocenters. The first kappa shape index (κ1) is 27.0. The Balaban J connectivity index is 2.08. The second kappa shape index (κ2) is 13.5. The molecule has 0 aliphatic carbocycles. The summed E-state index contributed by atoms with van der Waals surface area (Å²) in [5.74, 6) is -1.14. The Bertz CT molecular complexity index is 1000. The third kappa shape index (κ3) is 7.96. The summed E-state index contributed by atoms with van der Waals surface area (Å²) in [5.41, 5.74) is -1.22. The Morgan fingerprint density at radius 3 is 2.65 bits per heavy atom. The van der Waals surface area contributed by atoms with Crippen LogP contribution in [0.4, 0.5) is 0 Å². The van der Waals surface area contributed by atoms with Gasteiger partial charge in [0.15, 0.2) is 0 Å². The van der Waals surface area contributed by atoms with Crippen molar-refractivity contribution in [1.82, 2.24) is 25.5 Å². The fraction of sp³-hybridized carbons (Fsp3) is 0.591. The number of H-pyrrole nitrogens is 1. The number of nitrogens with one attached hydrogen (secondary N) is 4. The van der Waals surface area contributed by atoms with Crippen LogP contribution in [-0.2, 0) is 23.9 Å². The molecule has 2 rings (SSSR count). The van der Waals surface area contributed by atoms with Gasteiger partial charge in [-0.3, -0.25) is 28.7 Å². The highest BCUT2D eigenvalue weighted by Gasteiger charge is 2.38. The molecule has 12 heteroatoms. The summed E-state index contributed by atoms with van der Waals surface area (Å²) in [6, 6.07) is 0. The zero-order chi connectivity index (χ0) is 25.1. The molecule has 12 nitrogen and oxygen atoms in total. The number of carbonyl (C=O) groups excluding carboxylic acids is 3. The molecule has 1 fully saturated rings. The van der Waals surface area contributed by atoms with E-state index < -0.39 is 35.7 Å². The van der Waals surface area contributed by atoms with E-state index in [0.717, 1.165) is 0 Å². The molecule has 1 aliphatic heterocycles. The lowest BCUT2D eigenvalue weighted by molar-refractivity contribution is -0.153. The van der Waals surface area contributed by atoms with E-state index in [4.69, 9.17) is 9.47 Å². The number of carbonyl (C=O) groups is 3. The molecule has 2 heterocycles. The lowest BCUT2D eigenvalue weighted by Gasteiger charge is -2.17. The molecule has 0 spiro atoms. The van der Waals surface area contributed by atoms with Gasteiger partial charge in [0.2, 0.25) is 11.8 Å². The maximum Gasteiger partial charge on any atom is 0.330 e. The van der Waals surface area contributed by atoms with Gasteiger partial charge in [-0.2, -0.15) is 0 Å². The first-order valence-electron chi connectivity index (χ1n) is 11.4. The van der Waals surface area contributed by atoms with Gasteiger partial charge in [-0.05, 0) is 26.5 Å². The summed E-state index contributed by atoms with van der Waals surface area (Å²) >= 11 is 0. The molecule has 1 saturated heterocycles. The SMILES string of the molecule is CCNC(=O)CCC(=O)OC1C[C@H](n2cc(/C=C/C(=O)NCCNC)c(=O)[nH]c2=O)O[C@@H]1CC. The second-order valence-corrected chi connectivity index (χ2v) is 7.73. The van der Waals surface area contributed by atoms with Gasteiger partial charge in [-0.15, -0.1) is 0 Å². The number of esters is 1. The number of likely N-dealkylation sites (N-methyl/N-ethyl adjacent to an activating group) is 1. The first-order valence-corrected chi connectivity index (χ1v) is 11.4. The number of aromatic amines is 1. The van der Waals surface area contributed by atoms with Gasteiger partial charge in [0, 0.05) is 44.7 Å². The number of aromatic nitrogens is 2. The fourth-order valence-corrected chi connectivity index (χ4v) is 3.46. The molecule has 1 aliphatic rings. The van der Waals surface area contributed by atoms with Crippen LogP contribution in [0.3, 0.4) is 0 Å². The highest BCUT2D eigenvalue weighted by molar-refractivity contribution is 5.91. The average Bonchev–Trinajstić information content (AvgIpc) is 3.19. The summed E-state index contributed by atoms with van der Waals surface area (Å²) < 4.78 is 12.6. The Morgan fingerprint density at radius 2 is 1.97 bits per heavy atom. The molecule has 2 amide bonds. The molecule has 0 saturated carbocycles. The van der Waals surface area contributed by atoms with Gasteiger partial charge >= 0.3 is 11.7 Å². The van der Waals surface area contributed by atoms with Crippen molar-refractivity contribution in [2.75, 3.05) is 26.7 Å². The molecule has 0 bridgehead atoms. The maximum atomic E-state index is 12.4. The molecular weight excluding hydrogens is 446 g/mol. The van der Waals surface area contributed by atoms with E-state index in [9.17, 15) is 24.0 Å². The summed E-state index contributed by atoms with van der Waals surface area (Å²) in [4.78, 5) is 62.4. The van der Waals surface area contributed by atoms with Crippen molar-refractivity contribution in [3.63, 3.8) is 0 Å². The van der Waals surface area contributed by atoms with E-state index in [-0.39, 0.29) is 36.6 Å². The lowest BCUT2D eigenvalue weighted by atomic mass is 10.1. The summed E-state index contributed by atoms with van der Waals surface area (Å²) in [6.45, 7) is 5.15. The molecular formula is C22H33N5O7. The van der Waals surface area contributed by atoms with Gasteiger partial charge < -0.3 is 25.4 Å². The Hall–Kier alpha value is -3.25. The largest absolute Gasteiger partial charge is 0.459 e. The van der Waals surface area contributed by atoms with Crippen LogP contribution in [0, 0.1) is 0 Å². The average molecular weight is 480 g/mol. The number of ether oxygens (including phenoxy) is 2.